The lowest BCUT2D eigenvalue weighted by molar-refractivity contribution is -0.144. The monoisotopic (exact) mass is 364 g/mol. The van der Waals surface area contributed by atoms with E-state index in [0.29, 0.717) is 16.7 Å². The van der Waals surface area contributed by atoms with Gasteiger partial charge in [-0.15, -0.1) is 5.53 Å². The largest absolute Gasteiger partial charge is 0.497 e. The average Bonchev–Trinajstić information content (AvgIpc) is 2.65. The number of fused-ring (bicyclic) bond motifs is 1. The summed E-state index contributed by atoms with van der Waals surface area (Å²) in [7, 11) is 2.64. The van der Waals surface area contributed by atoms with Gasteiger partial charge < -0.3 is 19.0 Å². The summed E-state index contributed by atoms with van der Waals surface area (Å²) >= 11 is 0. The van der Waals surface area contributed by atoms with Crippen LogP contribution in [0.2, 0.25) is 0 Å². The molecule has 4 N–H and O–H groups in total. The minimum atomic E-state index is -1.20. The normalized spacial score (nSPS) is 20.0. The first-order valence-electron chi connectivity index (χ1n) is 7.44. The fourth-order valence-corrected chi connectivity index (χ4v) is 2.66. The first kappa shape index (κ1) is 17.7. The van der Waals surface area contributed by atoms with Crippen molar-refractivity contribution in [1.82, 2.24) is 21.5 Å². The van der Waals surface area contributed by atoms with Crippen LogP contribution in [-0.2, 0) is 9.53 Å². The number of benzene rings is 1. The Morgan fingerprint density at radius 2 is 2.04 bits per heavy atom. The Hall–Kier alpha value is -3.15. The third-order valence-electron chi connectivity index (χ3n) is 3.88. The van der Waals surface area contributed by atoms with Crippen molar-refractivity contribution in [2.24, 2.45) is 0 Å². The summed E-state index contributed by atoms with van der Waals surface area (Å²) < 4.78 is 14.9. The molecular weight excluding hydrogens is 348 g/mol. The quantitative estimate of drug-likeness (QED) is 0.545. The van der Waals surface area contributed by atoms with E-state index in [9.17, 15) is 19.5 Å². The van der Waals surface area contributed by atoms with Crippen molar-refractivity contribution in [3.05, 3.63) is 40.2 Å². The third kappa shape index (κ3) is 3.18. The van der Waals surface area contributed by atoms with Gasteiger partial charge in [-0.2, -0.15) is 5.12 Å². The molecule has 0 saturated carbocycles. The van der Waals surface area contributed by atoms with Gasteiger partial charge in [0.25, 0.3) is 0 Å². The molecule has 0 radical (unpaired) electrons. The Balaban J connectivity index is 2.12. The number of nitrogens with one attached hydrogen (secondary N) is 3. The molecule has 138 valence electrons. The van der Waals surface area contributed by atoms with E-state index >= 15 is 0 Å². The van der Waals surface area contributed by atoms with Crippen LogP contribution in [0.3, 0.4) is 0 Å². The first-order chi connectivity index (χ1) is 12.4. The first-order valence-corrected chi connectivity index (χ1v) is 7.44. The summed E-state index contributed by atoms with van der Waals surface area (Å²) in [5.41, 5.74) is 7.44. The van der Waals surface area contributed by atoms with Crippen molar-refractivity contribution in [3.63, 3.8) is 0 Å². The second-order valence-corrected chi connectivity index (χ2v) is 5.37. The van der Waals surface area contributed by atoms with Crippen molar-refractivity contribution in [2.75, 3.05) is 14.2 Å². The molecule has 26 heavy (non-hydrogen) atoms. The number of hydrogen-bond donors (Lipinski definition) is 4. The number of nitrogens with zero attached hydrogens (tertiary/aromatic N) is 1. The van der Waals surface area contributed by atoms with E-state index in [0.717, 1.165) is 5.12 Å². The number of carboxylic acids is 1. The second kappa shape index (κ2) is 7.00. The van der Waals surface area contributed by atoms with Gasteiger partial charge in [-0.25, -0.2) is 20.4 Å². The minimum absolute atomic E-state index is 0.223. The number of rotatable bonds is 3. The summed E-state index contributed by atoms with van der Waals surface area (Å²) in [4.78, 5) is 35.3. The molecule has 0 spiro atoms. The van der Waals surface area contributed by atoms with Gasteiger partial charge in [-0.1, -0.05) is 0 Å². The molecule has 3 rings (SSSR count). The van der Waals surface area contributed by atoms with Crippen molar-refractivity contribution in [3.8, 4) is 5.75 Å². The highest BCUT2D eigenvalue weighted by molar-refractivity contribution is 5.84. The Morgan fingerprint density at radius 1 is 1.27 bits per heavy atom. The number of hydrogen-bond acceptors (Lipinski definition) is 9. The number of amides is 1. The molecule has 1 saturated heterocycles. The molecule has 1 aliphatic heterocycles. The Bertz CT molecular complexity index is 912. The lowest BCUT2D eigenvalue weighted by Gasteiger charge is -2.37. The van der Waals surface area contributed by atoms with Crippen LogP contribution in [0.4, 0.5) is 4.79 Å². The summed E-state index contributed by atoms with van der Waals surface area (Å²) in [6.45, 7) is 0. The van der Waals surface area contributed by atoms with Crippen molar-refractivity contribution >= 4 is 23.0 Å². The van der Waals surface area contributed by atoms with E-state index < -0.39 is 29.8 Å². The zero-order chi connectivity index (χ0) is 18.8. The molecule has 1 aromatic heterocycles. The van der Waals surface area contributed by atoms with E-state index in [4.69, 9.17) is 9.15 Å². The molecule has 1 fully saturated rings. The predicted molar refractivity (Wildman–Crippen MR) is 86.9 cm³/mol. The number of carbonyl (C=O) groups is 2. The summed E-state index contributed by atoms with van der Waals surface area (Å²) in [5.74, 6) is -0.727. The number of carboxylic acid groups (broad SMARTS) is 1. The Labute approximate surface area is 146 Å². The fraction of sp³-hybridized carbons (Fsp3) is 0.267. The molecule has 11 heteroatoms. The van der Waals surface area contributed by atoms with Crippen LogP contribution in [0.25, 0.3) is 11.0 Å². The zero-order valence-electron chi connectivity index (χ0n) is 13.8. The molecular formula is C15H16N4O7. The van der Waals surface area contributed by atoms with Crippen LogP contribution < -0.4 is 26.7 Å². The van der Waals surface area contributed by atoms with Gasteiger partial charge in [0.05, 0.1) is 20.3 Å². The van der Waals surface area contributed by atoms with Crippen molar-refractivity contribution in [2.45, 2.75) is 12.1 Å². The molecule has 11 nitrogen and oxygen atoms in total. The average molecular weight is 364 g/mol. The molecule has 2 unspecified atom stereocenters. The zero-order valence-corrected chi connectivity index (χ0v) is 13.8. The predicted octanol–water partition coefficient (Wildman–Crippen LogP) is -0.108. The molecule has 2 heterocycles. The van der Waals surface area contributed by atoms with E-state index in [-0.39, 0.29) is 5.58 Å². The molecule has 0 aliphatic carbocycles. The molecule has 0 bridgehead atoms. The summed E-state index contributed by atoms with van der Waals surface area (Å²) in [6.07, 6.45) is -0.805. The van der Waals surface area contributed by atoms with E-state index in [1.165, 1.54) is 26.4 Å². The van der Waals surface area contributed by atoms with Crippen molar-refractivity contribution < 1.29 is 28.6 Å². The minimum Gasteiger partial charge on any atom is -0.497 e. The number of hydrazine groups is 3. The van der Waals surface area contributed by atoms with E-state index in [1.54, 1.807) is 12.1 Å². The number of carbonyl (C=O) groups excluding carboxylic acids is 1. The van der Waals surface area contributed by atoms with Gasteiger partial charge in [-0.3, -0.25) is 4.79 Å². The molecule has 1 aromatic carbocycles. The van der Waals surface area contributed by atoms with Crippen LogP contribution in [-0.4, -0.2) is 42.5 Å². The number of methoxy groups -OCH3 is 2. The Morgan fingerprint density at radius 3 is 2.69 bits per heavy atom. The number of aliphatic carboxylic acids is 1. The third-order valence-corrected chi connectivity index (χ3v) is 3.88. The molecule has 1 aliphatic rings. The van der Waals surface area contributed by atoms with Gasteiger partial charge in [0.2, 0.25) is 0 Å². The molecule has 1 amide bonds. The maximum atomic E-state index is 12.0. The summed E-state index contributed by atoms with van der Waals surface area (Å²) in [6, 6.07) is 3.80. The lowest BCUT2D eigenvalue weighted by atomic mass is 9.97. The molecule has 2 atom stereocenters. The smallest absolute Gasteiger partial charge is 0.440 e. The van der Waals surface area contributed by atoms with Gasteiger partial charge in [0, 0.05) is 17.5 Å². The van der Waals surface area contributed by atoms with Crippen LogP contribution in [0.5, 0.6) is 5.75 Å². The maximum absolute atomic E-state index is 12.0. The van der Waals surface area contributed by atoms with Crippen molar-refractivity contribution in [1.29, 1.82) is 0 Å². The summed E-state index contributed by atoms with van der Waals surface area (Å²) in [5, 5.41) is 10.8. The van der Waals surface area contributed by atoms with Gasteiger partial charge in [0.1, 0.15) is 17.4 Å². The highest BCUT2D eigenvalue weighted by Crippen LogP contribution is 2.29. The highest BCUT2D eigenvalue weighted by Gasteiger charge is 2.38. The second-order valence-electron chi connectivity index (χ2n) is 5.37. The van der Waals surface area contributed by atoms with E-state index in [2.05, 4.69) is 21.1 Å². The number of ether oxygens (including phenoxy) is 2. The molecule has 2 aromatic rings. The van der Waals surface area contributed by atoms with Crippen LogP contribution in [0, 0.1) is 0 Å². The maximum Gasteiger partial charge on any atom is 0.440 e. The van der Waals surface area contributed by atoms with Gasteiger partial charge >= 0.3 is 17.7 Å². The SMILES string of the molecule is COC(=O)N1NNC(C(=O)O)C(c2cc(=O)oc3cc(OC)ccc23)N1. The fourth-order valence-electron chi connectivity index (χ4n) is 2.66. The van der Waals surface area contributed by atoms with Crippen LogP contribution >= 0.6 is 0 Å². The highest BCUT2D eigenvalue weighted by atomic mass is 16.6. The topological polar surface area (TPSA) is 142 Å². The Kier molecular flexibility index (Phi) is 4.75. The van der Waals surface area contributed by atoms with Crippen LogP contribution in [0.15, 0.2) is 33.5 Å². The van der Waals surface area contributed by atoms with E-state index in [1.807, 2.05) is 0 Å². The standard InChI is InChI=1S/C15H16N4O7/c1-24-7-3-4-8-9(6-11(20)26-10(8)5-7)12-13(14(21)22)16-18-19(17-12)15(23)25-2/h3-6,12-13,16-18H,1-2H3,(H,21,22). The van der Waals surface area contributed by atoms with Gasteiger partial charge in [-0.05, 0) is 17.7 Å². The van der Waals surface area contributed by atoms with Gasteiger partial charge in [0.15, 0.2) is 0 Å². The van der Waals surface area contributed by atoms with Crippen LogP contribution in [0.1, 0.15) is 11.6 Å². The lowest BCUT2D eigenvalue weighted by Crippen LogP contribution is -2.69.